The largest absolute Gasteiger partial charge is 0.478 e. The van der Waals surface area contributed by atoms with Crippen molar-refractivity contribution in [3.05, 3.63) is 100 Å². The molecular formula is C25H23N3O4. The van der Waals surface area contributed by atoms with E-state index in [1.807, 2.05) is 30.3 Å². The number of carbonyl (C=O) groups excluding carboxylic acids is 2. The second-order valence-corrected chi connectivity index (χ2v) is 7.73. The summed E-state index contributed by atoms with van der Waals surface area (Å²) in [6.07, 6.45) is 0.854. The van der Waals surface area contributed by atoms with Crippen LogP contribution in [0.3, 0.4) is 0 Å². The molecular weight excluding hydrogens is 406 g/mol. The summed E-state index contributed by atoms with van der Waals surface area (Å²) in [4.78, 5) is 37.4. The number of fused-ring (bicyclic) bond motifs is 1. The lowest BCUT2D eigenvalue weighted by Crippen LogP contribution is -2.27. The van der Waals surface area contributed by atoms with Crippen LogP contribution in [0.2, 0.25) is 0 Å². The van der Waals surface area contributed by atoms with Gasteiger partial charge in [-0.3, -0.25) is 9.59 Å². The molecule has 1 aliphatic heterocycles. The molecule has 0 aliphatic carbocycles. The first-order valence-corrected chi connectivity index (χ1v) is 10.3. The Balaban J connectivity index is 1.48. The van der Waals surface area contributed by atoms with Crippen molar-refractivity contribution in [1.29, 1.82) is 0 Å². The number of carboxylic acids is 1. The van der Waals surface area contributed by atoms with E-state index in [1.165, 1.54) is 12.1 Å². The number of primary amides is 1. The molecule has 7 heteroatoms. The van der Waals surface area contributed by atoms with Crippen LogP contribution in [0.4, 0.5) is 5.69 Å². The molecule has 1 aliphatic rings. The summed E-state index contributed by atoms with van der Waals surface area (Å²) in [6.45, 7) is 1.72. The van der Waals surface area contributed by atoms with E-state index in [-0.39, 0.29) is 11.5 Å². The highest BCUT2D eigenvalue weighted by Crippen LogP contribution is 2.33. The van der Waals surface area contributed by atoms with Gasteiger partial charge in [0.05, 0.1) is 16.8 Å². The van der Waals surface area contributed by atoms with Crippen molar-refractivity contribution in [1.82, 2.24) is 5.32 Å². The van der Waals surface area contributed by atoms with Gasteiger partial charge in [-0.15, -0.1) is 0 Å². The number of carboxylic acid groups (broad SMARTS) is 1. The highest BCUT2D eigenvalue weighted by molar-refractivity contribution is 6.01. The number of anilines is 1. The summed E-state index contributed by atoms with van der Waals surface area (Å²) >= 11 is 0. The van der Waals surface area contributed by atoms with E-state index in [9.17, 15) is 14.4 Å². The topological polar surface area (TPSA) is 113 Å². The van der Waals surface area contributed by atoms with E-state index in [1.54, 1.807) is 24.3 Å². The molecule has 0 aromatic heterocycles. The van der Waals surface area contributed by atoms with Crippen LogP contribution in [0, 0.1) is 0 Å². The molecule has 4 rings (SSSR count). The number of hydrogen-bond donors (Lipinski definition) is 3. The van der Waals surface area contributed by atoms with Crippen LogP contribution >= 0.6 is 0 Å². The highest BCUT2D eigenvalue weighted by atomic mass is 16.4. The molecule has 0 fully saturated rings. The maximum Gasteiger partial charge on any atom is 0.335 e. The first-order chi connectivity index (χ1) is 15.4. The molecule has 32 heavy (non-hydrogen) atoms. The number of carbonyl (C=O) groups is 3. The Kier molecular flexibility index (Phi) is 5.89. The summed E-state index contributed by atoms with van der Waals surface area (Å²) in [5, 5.41) is 11.9. The first kappa shape index (κ1) is 21.1. The third-order valence-corrected chi connectivity index (χ3v) is 5.60. The van der Waals surface area contributed by atoms with Crippen molar-refractivity contribution >= 4 is 23.5 Å². The molecule has 162 valence electrons. The monoisotopic (exact) mass is 429 g/mol. The van der Waals surface area contributed by atoms with Gasteiger partial charge in [-0.25, -0.2) is 4.79 Å². The zero-order valence-electron chi connectivity index (χ0n) is 17.4. The van der Waals surface area contributed by atoms with Gasteiger partial charge in [-0.05, 0) is 53.4 Å². The lowest BCUT2D eigenvalue weighted by Gasteiger charge is -2.22. The average Bonchev–Trinajstić information content (AvgIpc) is 3.21. The number of para-hydroxylation sites is 1. The molecule has 3 aromatic carbocycles. The molecule has 0 atom stereocenters. The van der Waals surface area contributed by atoms with E-state index < -0.39 is 11.9 Å². The maximum atomic E-state index is 13.0. The molecule has 4 N–H and O–H groups in total. The molecule has 0 unspecified atom stereocenters. The van der Waals surface area contributed by atoms with Crippen LogP contribution in [0.5, 0.6) is 0 Å². The van der Waals surface area contributed by atoms with Gasteiger partial charge >= 0.3 is 5.97 Å². The molecule has 0 bridgehead atoms. The van der Waals surface area contributed by atoms with Crippen LogP contribution in [0.15, 0.2) is 66.7 Å². The summed E-state index contributed by atoms with van der Waals surface area (Å²) < 4.78 is 0. The lowest BCUT2D eigenvalue weighted by molar-refractivity contribution is 0.0696. The molecule has 0 saturated carbocycles. The van der Waals surface area contributed by atoms with E-state index in [2.05, 4.69) is 10.2 Å². The van der Waals surface area contributed by atoms with Gasteiger partial charge in [-0.1, -0.05) is 36.4 Å². The summed E-state index contributed by atoms with van der Waals surface area (Å²) in [5.41, 5.74) is 10.5. The number of nitrogens with zero attached hydrogens (tertiary/aromatic N) is 1. The summed E-state index contributed by atoms with van der Waals surface area (Å²) in [6, 6.07) is 19.4. The van der Waals surface area contributed by atoms with Crippen LogP contribution in [0.1, 0.15) is 47.8 Å². The number of hydrogen-bond acceptors (Lipinski definition) is 4. The van der Waals surface area contributed by atoms with Crippen molar-refractivity contribution in [3.63, 3.8) is 0 Å². The Labute approximate surface area is 185 Å². The van der Waals surface area contributed by atoms with Crippen molar-refractivity contribution in [2.45, 2.75) is 19.5 Å². The van der Waals surface area contributed by atoms with Gasteiger partial charge in [0.2, 0.25) is 5.91 Å². The fraction of sp³-hybridized carbons (Fsp3) is 0.160. The number of nitrogens with one attached hydrogen (secondary N) is 1. The molecule has 0 spiro atoms. The van der Waals surface area contributed by atoms with Gasteiger partial charge in [0.25, 0.3) is 5.91 Å². The van der Waals surface area contributed by atoms with E-state index in [0.29, 0.717) is 24.2 Å². The number of rotatable bonds is 7. The Morgan fingerprint density at radius 2 is 1.56 bits per heavy atom. The smallest absolute Gasteiger partial charge is 0.335 e. The second kappa shape index (κ2) is 8.93. The standard InChI is InChI=1S/C25H23N3O4/c26-23(29)19-8-6-17(7-9-19)15-28-13-12-18-2-1-3-21(22(18)28)24(30)27-14-16-4-10-20(11-5-16)25(31)32/h1-11H,12-15H2,(H2,26,29)(H,27,30)(H,31,32). The number of amides is 2. The Hall–Kier alpha value is -4.13. The van der Waals surface area contributed by atoms with E-state index in [4.69, 9.17) is 10.8 Å². The quantitative estimate of drug-likeness (QED) is 0.534. The SMILES string of the molecule is NC(=O)c1ccc(CN2CCc3cccc(C(=O)NCc4ccc(C(=O)O)cc4)c32)cc1. The fourth-order valence-corrected chi connectivity index (χ4v) is 3.91. The summed E-state index contributed by atoms with van der Waals surface area (Å²) in [5.74, 6) is -1.62. The van der Waals surface area contributed by atoms with Gasteiger partial charge < -0.3 is 21.1 Å². The van der Waals surface area contributed by atoms with Crippen molar-refractivity contribution in [2.24, 2.45) is 5.73 Å². The minimum Gasteiger partial charge on any atom is -0.478 e. The van der Waals surface area contributed by atoms with Crippen LogP contribution in [-0.2, 0) is 19.5 Å². The average molecular weight is 429 g/mol. The van der Waals surface area contributed by atoms with Crippen LogP contribution < -0.4 is 16.0 Å². The molecule has 2 amide bonds. The van der Waals surface area contributed by atoms with Gasteiger partial charge in [0.15, 0.2) is 0 Å². The minimum atomic E-state index is -0.982. The van der Waals surface area contributed by atoms with Crippen LogP contribution in [0.25, 0.3) is 0 Å². The zero-order valence-corrected chi connectivity index (χ0v) is 17.4. The molecule has 0 saturated heterocycles. The predicted molar refractivity (Wildman–Crippen MR) is 121 cm³/mol. The molecule has 3 aromatic rings. The highest BCUT2D eigenvalue weighted by Gasteiger charge is 2.25. The lowest BCUT2D eigenvalue weighted by atomic mass is 10.1. The number of benzene rings is 3. The second-order valence-electron chi connectivity index (χ2n) is 7.73. The Morgan fingerprint density at radius 1 is 0.906 bits per heavy atom. The van der Waals surface area contributed by atoms with Crippen LogP contribution in [-0.4, -0.2) is 29.4 Å². The third kappa shape index (κ3) is 4.46. The van der Waals surface area contributed by atoms with Crippen molar-refractivity contribution in [2.75, 3.05) is 11.4 Å². The predicted octanol–water partition coefficient (Wildman–Crippen LogP) is 2.98. The third-order valence-electron chi connectivity index (χ3n) is 5.60. The fourth-order valence-electron chi connectivity index (χ4n) is 3.91. The van der Waals surface area contributed by atoms with Gasteiger partial charge in [0, 0.05) is 25.2 Å². The Bertz CT molecular complexity index is 1170. The Morgan fingerprint density at radius 3 is 2.22 bits per heavy atom. The minimum absolute atomic E-state index is 0.180. The summed E-state index contributed by atoms with van der Waals surface area (Å²) in [7, 11) is 0. The first-order valence-electron chi connectivity index (χ1n) is 10.3. The van der Waals surface area contributed by atoms with Gasteiger partial charge in [-0.2, -0.15) is 0 Å². The molecule has 1 heterocycles. The van der Waals surface area contributed by atoms with E-state index in [0.717, 1.165) is 35.3 Å². The normalized spacial score (nSPS) is 12.3. The van der Waals surface area contributed by atoms with Crippen molar-refractivity contribution < 1.29 is 19.5 Å². The zero-order chi connectivity index (χ0) is 22.7. The van der Waals surface area contributed by atoms with Crippen molar-refractivity contribution in [3.8, 4) is 0 Å². The van der Waals surface area contributed by atoms with Gasteiger partial charge in [0.1, 0.15) is 0 Å². The molecule has 0 radical (unpaired) electrons. The molecule has 7 nitrogen and oxygen atoms in total. The number of aromatic carboxylic acids is 1. The number of nitrogens with two attached hydrogens (primary N) is 1. The maximum absolute atomic E-state index is 13.0. The van der Waals surface area contributed by atoms with E-state index >= 15 is 0 Å².